The molecular formula is C20H20FN3O2S. The lowest BCUT2D eigenvalue weighted by atomic mass is 10.3. The van der Waals surface area contributed by atoms with Crippen LogP contribution in [-0.2, 0) is 0 Å². The van der Waals surface area contributed by atoms with E-state index in [4.69, 9.17) is 4.74 Å². The monoisotopic (exact) mass is 385 g/mol. The van der Waals surface area contributed by atoms with Crippen molar-refractivity contribution >= 4 is 11.8 Å². The van der Waals surface area contributed by atoms with E-state index in [9.17, 15) is 9.50 Å². The van der Waals surface area contributed by atoms with Crippen LogP contribution in [-0.4, -0.2) is 38.3 Å². The number of aliphatic hydroxyl groups is 1. The van der Waals surface area contributed by atoms with Crippen LogP contribution in [0.4, 0.5) is 4.39 Å². The van der Waals surface area contributed by atoms with Crippen molar-refractivity contribution in [2.24, 2.45) is 0 Å². The maximum Gasteiger partial charge on any atom is 0.209 e. The molecule has 0 spiro atoms. The summed E-state index contributed by atoms with van der Waals surface area (Å²) in [6.07, 6.45) is 1.61. The predicted octanol–water partition coefficient (Wildman–Crippen LogP) is 3.82. The van der Waals surface area contributed by atoms with Crippen LogP contribution in [0.2, 0.25) is 0 Å². The summed E-state index contributed by atoms with van der Waals surface area (Å²) < 4.78 is 20.3. The molecule has 3 aromatic rings. The minimum Gasteiger partial charge on any atom is -0.491 e. The Balaban J connectivity index is 1.36. The molecule has 1 aliphatic carbocycles. The van der Waals surface area contributed by atoms with Crippen molar-refractivity contribution in [1.82, 2.24) is 14.8 Å². The number of aliphatic hydroxyl groups excluding tert-OH is 1. The van der Waals surface area contributed by atoms with Gasteiger partial charge in [0.25, 0.3) is 0 Å². The van der Waals surface area contributed by atoms with Crippen LogP contribution in [0, 0.1) is 5.82 Å². The highest BCUT2D eigenvalue weighted by atomic mass is 32.2. The molecule has 1 N–H and O–H groups in total. The number of nitrogens with zero attached hydrogens (tertiary/aromatic N) is 3. The molecular weight excluding hydrogens is 365 g/mol. The van der Waals surface area contributed by atoms with Crippen molar-refractivity contribution in [3.8, 4) is 11.4 Å². The molecule has 2 aromatic carbocycles. The van der Waals surface area contributed by atoms with E-state index in [1.807, 2.05) is 35.0 Å². The van der Waals surface area contributed by atoms with Crippen molar-refractivity contribution < 1.29 is 14.2 Å². The van der Waals surface area contributed by atoms with Gasteiger partial charge in [-0.05, 0) is 49.2 Å². The maximum atomic E-state index is 12.9. The van der Waals surface area contributed by atoms with E-state index in [1.54, 1.807) is 12.1 Å². The minimum absolute atomic E-state index is 0.132. The molecule has 140 valence electrons. The lowest BCUT2D eigenvalue weighted by Crippen LogP contribution is -2.20. The van der Waals surface area contributed by atoms with Gasteiger partial charge in [0, 0.05) is 11.7 Å². The SMILES string of the molecule is OC(COc1ccc(F)cc1)CSc1nc(C2CC2)n(-c2ccccc2)n1. The average molecular weight is 385 g/mol. The average Bonchev–Trinajstić information content (AvgIpc) is 3.46. The Morgan fingerprint density at radius 2 is 1.89 bits per heavy atom. The number of benzene rings is 2. The molecule has 1 atom stereocenters. The van der Waals surface area contributed by atoms with E-state index >= 15 is 0 Å². The zero-order valence-corrected chi connectivity index (χ0v) is 15.5. The number of para-hydroxylation sites is 1. The summed E-state index contributed by atoms with van der Waals surface area (Å²) in [5.41, 5.74) is 0.999. The molecule has 0 saturated heterocycles. The van der Waals surface area contributed by atoms with Gasteiger partial charge in [-0.15, -0.1) is 5.10 Å². The molecule has 0 amide bonds. The summed E-state index contributed by atoms with van der Waals surface area (Å²) in [7, 11) is 0. The van der Waals surface area contributed by atoms with Gasteiger partial charge in [-0.25, -0.2) is 14.1 Å². The Bertz CT molecular complexity index is 882. The molecule has 1 aliphatic rings. The second-order valence-corrected chi connectivity index (χ2v) is 7.49. The van der Waals surface area contributed by atoms with E-state index in [2.05, 4.69) is 10.1 Å². The zero-order chi connectivity index (χ0) is 18.6. The van der Waals surface area contributed by atoms with E-state index in [0.717, 1.165) is 24.4 Å². The second-order valence-electron chi connectivity index (χ2n) is 6.50. The van der Waals surface area contributed by atoms with Crippen LogP contribution in [0.15, 0.2) is 59.8 Å². The van der Waals surface area contributed by atoms with Gasteiger partial charge in [-0.3, -0.25) is 0 Å². The summed E-state index contributed by atoms with van der Waals surface area (Å²) in [5.74, 6) is 2.09. The number of hydrogen-bond donors (Lipinski definition) is 1. The van der Waals surface area contributed by atoms with Crippen molar-refractivity contribution in [2.45, 2.75) is 30.0 Å². The highest BCUT2D eigenvalue weighted by Gasteiger charge is 2.30. The van der Waals surface area contributed by atoms with Crippen LogP contribution in [0.25, 0.3) is 5.69 Å². The topological polar surface area (TPSA) is 60.2 Å². The van der Waals surface area contributed by atoms with E-state index < -0.39 is 6.10 Å². The van der Waals surface area contributed by atoms with Gasteiger partial charge in [0.1, 0.15) is 24.0 Å². The fourth-order valence-corrected chi connectivity index (χ4v) is 3.41. The first-order valence-electron chi connectivity index (χ1n) is 8.90. The maximum absolute atomic E-state index is 12.9. The zero-order valence-electron chi connectivity index (χ0n) is 14.7. The van der Waals surface area contributed by atoms with E-state index in [1.165, 1.54) is 23.9 Å². The predicted molar refractivity (Wildman–Crippen MR) is 102 cm³/mol. The number of aromatic nitrogens is 3. The second kappa shape index (κ2) is 8.10. The normalized spacial score (nSPS) is 14.9. The smallest absolute Gasteiger partial charge is 0.209 e. The lowest BCUT2D eigenvalue weighted by Gasteiger charge is -2.11. The fourth-order valence-electron chi connectivity index (χ4n) is 2.67. The Morgan fingerprint density at radius 1 is 1.15 bits per heavy atom. The van der Waals surface area contributed by atoms with Gasteiger partial charge in [-0.2, -0.15) is 0 Å². The van der Waals surface area contributed by atoms with Crippen molar-refractivity contribution in [3.63, 3.8) is 0 Å². The fraction of sp³-hybridized carbons (Fsp3) is 0.300. The molecule has 7 heteroatoms. The van der Waals surface area contributed by atoms with E-state index in [0.29, 0.717) is 22.6 Å². The molecule has 1 unspecified atom stereocenters. The summed E-state index contributed by atoms with van der Waals surface area (Å²) >= 11 is 1.41. The van der Waals surface area contributed by atoms with E-state index in [-0.39, 0.29) is 12.4 Å². The first kappa shape index (κ1) is 18.0. The Morgan fingerprint density at radius 3 is 2.59 bits per heavy atom. The van der Waals surface area contributed by atoms with Crippen LogP contribution in [0.1, 0.15) is 24.6 Å². The minimum atomic E-state index is -0.673. The van der Waals surface area contributed by atoms with Gasteiger partial charge >= 0.3 is 0 Å². The number of thioether (sulfide) groups is 1. The third-order valence-electron chi connectivity index (χ3n) is 4.22. The lowest BCUT2D eigenvalue weighted by molar-refractivity contribution is 0.126. The third-order valence-corrected chi connectivity index (χ3v) is 5.20. The summed E-state index contributed by atoms with van der Waals surface area (Å²) in [4.78, 5) is 4.67. The molecule has 4 rings (SSSR count). The van der Waals surface area contributed by atoms with Gasteiger partial charge in [0.15, 0.2) is 0 Å². The Labute approximate surface area is 161 Å². The van der Waals surface area contributed by atoms with Gasteiger partial charge in [-0.1, -0.05) is 30.0 Å². The molecule has 1 heterocycles. The summed E-state index contributed by atoms with van der Waals surface area (Å²) in [6, 6.07) is 15.7. The molecule has 1 aromatic heterocycles. The van der Waals surface area contributed by atoms with Crippen LogP contribution >= 0.6 is 11.8 Å². The first-order chi connectivity index (χ1) is 13.2. The van der Waals surface area contributed by atoms with Gasteiger partial charge < -0.3 is 9.84 Å². The van der Waals surface area contributed by atoms with Gasteiger partial charge in [0.05, 0.1) is 11.8 Å². The summed E-state index contributed by atoms with van der Waals surface area (Å²) in [5, 5.41) is 15.4. The molecule has 1 fully saturated rings. The number of rotatable bonds is 8. The molecule has 0 radical (unpaired) electrons. The quantitative estimate of drug-likeness (QED) is 0.598. The highest BCUT2D eigenvalue weighted by Crippen LogP contribution is 2.40. The van der Waals surface area contributed by atoms with Gasteiger partial charge in [0.2, 0.25) is 5.16 Å². The van der Waals surface area contributed by atoms with Crippen LogP contribution in [0.3, 0.4) is 0 Å². The third kappa shape index (κ3) is 4.67. The summed E-state index contributed by atoms with van der Waals surface area (Å²) in [6.45, 7) is 0.132. The first-order valence-corrected chi connectivity index (χ1v) is 9.89. The molecule has 0 aliphatic heterocycles. The number of ether oxygens (including phenoxy) is 1. The Hall–Kier alpha value is -2.38. The molecule has 27 heavy (non-hydrogen) atoms. The standard InChI is InChI=1S/C20H20FN3O2S/c21-15-8-10-18(11-9-15)26-12-17(25)13-27-20-22-19(14-6-7-14)24(23-20)16-4-2-1-3-5-16/h1-5,8-11,14,17,25H,6-7,12-13H2. The van der Waals surface area contributed by atoms with Crippen molar-refractivity contribution in [2.75, 3.05) is 12.4 Å². The number of hydrogen-bond acceptors (Lipinski definition) is 5. The van der Waals surface area contributed by atoms with Crippen LogP contribution < -0.4 is 4.74 Å². The molecule has 1 saturated carbocycles. The van der Waals surface area contributed by atoms with Crippen LogP contribution in [0.5, 0.6) is 5.75 Å². The highest BCUT2D eigenvalue weighted by molar-refractivity contribution is 7.99. The van der Waals surface area contributed by atoms with Crippen molar-refractivity contribution in [1.29, 1.82) is 0 Å². The Kier molecular flexibility index (Phi) is 5.40. The van der Waals surface area contributed by atoms with Crippen molar-refractivity contribution in [3.05, 3.63) is 66.2 Å². The molecule has 0 bridgehead atoms. The largest absolute Gasteiger partial charge is 0.491 e. The molecule has 5 nitrogen and oxygen atoms in total. The number of halogens is 1.